The highest BCUT2D eigenvalue weighted by atomic mass is 19.4. The standard InChI is InChI=1S/C17H20F3N5O/c18-17(19,20)13-5-3-12(4-6-13)15-10-22-24-16(23-15)21-7-9-25-8-1-2-14(26)11-25/h3-6,10,14,26H,1-2,7-9,11H2,(H,21,23,24). The number of piperidine rings is 1. The fourth-order valence-corrected chi connectivity index (χ4v) is 2.91. The number of β-amino-alcohol motifs (C(OH)–C–C–N with tert-alkyl or cyclic N) is 1. The minimum Gasteiger partial charge on any atom is -0.392 e. The van der Waals surface area contributed by atoms with E-state index in [2.05, 4.69) is 25.4 Å². The van der Waals surface area contributed by atoms with Crippen molar-refractivity contribution < 1.29 is 18.3 Å². The van der Waals surface area contributed by atoms with Gasteiger partial charge in [0, 0.05) is 25.2 Å². The van der Waals surface area contributed by atoms with Crippen LogP contribution >= 0.6 is 0 Å². The SMILES string of the molecule is OC1CCCN(CCNc2nncc(-c3ccc(C(F)(F)F)cc3)n2)C1. The Balaban J connectivity index is 1.59. The molecule has 6 nitrogen and oxygen atoms in total. The van der Waals surface area contributed by atoms with Crippen molar-refractivity contribution in [1.29, 1.82) is 0 Å². The number of aromatic nitrogens is 3. The topological polar surface area (TPSA) is 74.2 Å². The first-order chi connectivity index (χ1) is 12.4. The van der Waals surface area contributed by atoms with Crippen LogP contribution in [-0.2, 0) is 6.18 Å². The van der Waals surface area contributed by atoms with Gasteiger partial charge in [0.15, 0.2) is 0 Å². The number of aliphatic hydroxyl groups is 1. The number of rotatable bonds is 5. The highest BCUT2D eigenvalue weighted by Crippen LogP contribution is 2.30. The van der Waals surface area contributed by atoms with E-state index in [1.807, 2.05) is 0 Å². The lowest BCUT2D eigenvalue weighted by molar-refractivity contribution is -0.137. The second-order valence-electron chi connectivity index (χ2n) is 6.26. The van der Waals surface area contributed by atoms with Gasteiger partial charge in [0.05, 0.1) is 23.6 Å². The Morgan fingerprint density at radius 3 is 2.69 bits per heavy atom. The number of hydrogen-bond acceptors (Lipinski definition) is 6. The van der Waals surface area contributed by atoms with E-state index in [9.17, 15) is 18.3 Å². The molecule has 3 rings (SSSR count). The number of likely N-dealkylation sites (tertiary alicyclic amines) is 1. The molecule has 0 spiro atoms. The van der Waals surface area contributed by atoms with Gasteiger partial charge in [-0.1, -0.05) is 12.1 Å². The smallest absolute Gasteiger partial charge is 0.392 e. The van der Waals surface area contributed by atoms with Crippen LogP contribution in [0.15, 0.2) is 30.5 Å². The van der Waals surface area contributed by atoms with Gasteiger partial charge >= 0.3 is 6.18 Å². The van der Waals surface area contributed by atoms with Crippen molar-refractivity contribution in [2.75, 3.05) is 31.5 Å². The predicted molar refractivity (Wildman–Crippen MR) is 90.4 cm³/mol. The number of nitrogens with one attached hydrogen (secondary N) is 1. The maximum atomic E-state index is 12.6. The van der Waals surface area contributed by atoms with E-state index in [4.69, 9.17) is 0 Å². The van der Waals surface area contributed by atoms with Crippen molar-refractivity contribution in [2.24, 2.45) is 0 Å². The van der Waals surface area contributed by atoms with Gasteiger partial charge in [-0.05, 0) is 31.5 Å². The number of aliphatic hydroxyl groups excluding tert-OH is 1. The van der Waals surface area contributed by atoms with Crippen molar-refractivity contribution in [2.45, 2.75) is 25.1 Å². The molecule has 0 radical (unpaired) electrons. The summed E-state index contributed by atoms with van der Waals surface area (Å²) in [7, 11) is 0. The van der Waals surface area contributed by atoms with Crippen LogP contribution in [0.2, 0.25) is 0 Å². The van der Waals surface area contributed by atoms with E-state index >= 15 is 0 Å². The zero-order valence-electron chi connectivity index (χ0n) is 14.1. The largest absolute Gasteiger partial charge is 0.416 e. The molecule has 0 amide bonds. The monoisotopic (exact) mass is 367 g/mol. The Morgan fingerprint density at radius 1 is 1.23 bits per heavy atom. The summed E-state index contributed by atoms with van der Waals surface area (Å²) >= 11 is 0. The molecule has 0 aliphatic carbocycles. The van der Waals surface area contributed by atoms with Crippen molar-refractivity contribution in [3.8, 4) is 11.3 Å². The third kappa shape index (κ3) is 4.89. The lowest BCUT2D eigenvalue weighted by Crippen LogP contribution is -2.40. The summed E-state index contributed by atoms with van der Waals surface area (Å²) in [5.74, 6) is 0.319. The molecule has 0 bridgehead atoms. The van der Waals surface area contributed by atoms with Crippen LogP contribution in [0.4, 0.5) is 19.1 Å². The molecule has 140 valence electrons. The second-order valence-corrected chi connectivity index (χ2v) is 6.26. The molecule has 2 aromatic rings. The summed E-state index contributed by atoms with van der Waals surface area (Å²) in [6, 6.07) is 4.77. The van der Waals surface area contributed by atoms with Gasteiger partial charge < -0.3 is 10.4 Å². The molecule has 1 fully saturated rings. The van der Waals surface area contributed by atoms with Crippen molar-refractivity contribution in [1.82, 2.24) is 20.1 Å². The van der Waals surface area contributed by atoms with Crippen LogP contribution in [0.5, 0.6) is 0 Å². The molecule has 2 N–H and O–H groups in total. The first kappa shape index (κ1) is 18.5. The van der Waals surface area contributed by atoms with Crippen LogP contribution in [0, 0.1) is 0 Å². The van der Waals surface area contributed by atoms with Gasteiger partial charge in [0.1, 0.15) is 0 Å². The highest BCUT2D eigenvalue weighted by molar-refractivity contribution is 5.59. The van der Waals surface area contributed by atoms with Crippen LogP contribution < -0.4 is 5.32 Å². The van der Waals surface area contributed by atoms with Crippen LogP contribution in [0.1, 0.15) is 18.4 Å². The Labute approximate surface area is 149 Å². The number of hydrogen-bond donors (Lipinski definition) is 2. The maximum absolute atomic E-state index is 12.6. The summed E-state index contributed by atoms with van der Waals surface area (Å²) in [5, 5.41) is 20.5. The first-order valence-electron chi connectivity index (χ1n) is 8.43. The fourth-order valence-electron chi connectivity index (χ4n) is 2.91. The molecule has 1 saturated heterocycles. The van der Waals surface area contributed by atoms with E-state index in [1.165, 1.54) is 18.3 Å². The Morgan fingerprint density at radius 2 is 2.00 bits per heavy atom. The van der Waals surface area contributed by atoms with Crippen molar-refractivity contribution in [3.63, 3.8) is 0 Å². The summed E-state index contributed by atoms with van der Waals surface area (Å²) in [6.45, 7) is 2.94. The molecule has 1 atom stereocenters. The van der Waals surface area contributed by atoms with Crippen LogP contribution in [0.3, 0.4) is 0 Å². The molecule has 1 aliphatic heterocycles. The molecular formula is C17H20F3N5O. The second kappa shape index (κ2) is 7.96. The van der Waals surface area contributed by atoms with Crippen molar-refractivity contribution in [3.05, 3.63) is 36.0 Å². The summed E-state index contributed by atoms with van der Waals surface area (Å²) in [4.78, 5) is 6.46. The van der Waals surface area contributed by atoms with E-state index < -0.39 is 11.7 Å². The summed E-state index contributed by atoms with van der Waals surface area (Å²) < 4.78 is 37.9. The molecule has 0 saturated carbocycles. The van der Waals surface area contributed by atoms with E-state index in [1.54, 1.807) is 0 Å². The molecule has 1 aromatic carbocycles. The third-order valence-electron chi connectivity index (χ3n) is 4.26. The van der Waals surface area contributed by atoms with E-state index in [-0.39, 0.29) is 6.10 Å². The summed E-state index contributed by atoms with van der Waals surface area (Å²) in [6.07, 6.45) is -1.41. The molecule has 9 heteroatoms. The molecule has 1 unspecified atom stereocenters. The number of benzene rings is 1. The third-order valence-corrected chi connectivity index (χ3v) is 4.26. The zero-order chi connectivity index (χ0) is 18.6. The average Bonchev–Trinajstić information content (AvgIpc) is 2.61. The lowest BCUT2D eigenvalue weighted by Gasteiger charge is -2.29. The van der Waals surface area contributed by atoms with Crippen LogP contribution in [0.25, 0.3) is 11.3 Å². The van der Waals surface area contributed by atoms with Gasteiger partial charge in [-0.2, -0.15) is 18.3 Å². The fraction of sp³-hybridized carbons (Fsp3) is 0.471. The average molecular weight is 367 g/mol. The lowest BCUT2D eigenvalue weighted by atomic mass is 10.1. The summed E-state index contributed by atoms with van der Waals surface area (Å²) in [5.41, 5.74) is 0.282. The first-order valence-corrected chi connectivity index (χ1v) is 8.43. The number of alkyl halides is 3. The molecule has 2 heterocycles. The predicted octanol–water partition coefficient (Wildman–Crippen LogP) is 2.43. The minimum absolute atomic E-state index is 0.273. The van der Waals surface area contributed by atoms with Crippen LogP contribution in [-0.4, -0.2) is 57.5 Å². The normalized spacial score (nSPS) is 18.7. The Bertz CT molecular complexity index is 723. The molecule has 1 aliphatic rings. The zero-order valence-corrected chi connectivity index (χ0v) is 14.1. The van der Waals surface area contributed by atoms with Gasteiger partial charge in [0.25, 0.3) is 0 Å². The minimum atomic E-state index is -4.36. The molecular weight excluding hydrogens is 347 g/mol. The Hall–Kier alpha value is -2.26. The molecule has 1 aromatic heterocycles. The quantitative estimate of drug-likeness (QED) is 0.846. The van der Waals surface area contributed by atoms with E-state index in [0.717, 1.165) is 38.1 Å². The highest BCUT2D eigenvalue weighted by Gasteiger charge is 2.30. The number of anilines is 1. The van der Waals surface area contributed by atoms with Gasteiger partial charge in [-0.25, -0.2) is 4.98 Å². The number of halogens is 3. The van der Waals surface area contributed by atoms with Crippen molar-refractivity contribution >= 4 is 5.95 Å². The van der Waals surface area contributed by atoms with E-state index in [0.29, 0.717) is 30.3 Å². The maximum Gasteiger partial charge on any atom is 0.416 e. The van der Waals surface area contributed by atoms with Gasteiger partial charge in [-0.15, -0.1) is 5.10 Å². The molecule has 26 heavy (non-hydrogen) atoms. The van der Waals surface area contributed by atoms with Gasteiger partial charge in [0.2, 0.25) is 5.95 Å². The number of nitrogens with zero attached hydrogens (tertiary/aromatic N) is 4. The Kier molecular flexibility index (Phi) is 5.67. The van der Waals surface area contributed by atoms with Gasteiger partial charge in [-0.3, -0.25) is 4.90 Å².